The van der Waals surface area contributed by atoms with Crippen LogP contribution in [-0.4, -0.2) is 26.6 Å². The molecule has 0 aliphatic rings. The fourth-order valence-electron chi connectivity index (χ4n) is 3.29. The minimum Gasteiger partial charge on any atom is -0.271 e. The van der Waals surface area contributed by atoms with Gasteiger partial charge in [0.25, 0.3) is 15.9 Å². The number of rotatable bonds is 7. The Balaban J connectivity index is 1.86. The van der Waals surface area contributed by atoms with Crippen molar-refractivity contribution in [3.63, 3.8) is 0 Å². The molecule has 0 fully saturated rings. The average molecular weight is 532 g/mol. The van der Waals surface area contributed by atoms with Crippen LogP contribution in [0, 0.1) is 0 Å². The topological polar surface area (TPSA) is 78.8 Å². The van der Waals surface area contributed by atoms with E-state index in [0.29, 0.717) is 5.71 Å². The van der Waals surface area contributed by atoms with Crippen LogP contribution in [0.5, 0.6) is 0 Å². The fraction of sp³-hybridized carbons (Fsp3) is 0.231. The molecule has 1 amide bonds. The molecule has 0 aliphatic carbocycles. The normalized spacial score (nSPS) is 12.3. The number of sulfonamides is 1. The second-order valence-electron chi connectivity index (χ2n) is 8.96. The molecule has 6 nitrogen and oxygen atoms in total. The van der Waals surface area contributed by atoms with Crippen molar-refractivity contribution in [1.82, 2.24) is 5.43 Å². The van der Waals surface area contributed by atoms with E-state index >= 15 is 0 Å². The van der Waals surface area contributed by atoms with Crippen LogP contribution < -0.4 is 9.73 Å². The molecule has 0 bridgehead atoms. The summed E-state index contributed by atoms with van der Waals surface area (Å²) in [6, 6.07) is 20.3. The smallest absolute Gasteiger partial charge is 0.264 e. The first kappa shape index (κ1) is 26.7. The Morgan fingerprint density at radius 3 is 2.17 bits per heavy atom. The highest BCUT2D eigenvalue weighted by atomic mass is 35.5. The number of hydrazone groups is 1. The van der Waals surface area contributed by atoms with Crippen molar-refractivity contribution < 1.29 is 13.2 Å². The highest BCUT2D eigenvalue weighted by molar-refractivity contribution is 7.92. The van der Waals surface area contributed by atoms with Gasteiger partial charge in [-0.3, -0.25) is 9.10 Å². The highest BCUT2D eigenvalue weighted by Gasteiger charge is 2.29. The lowest BCUT2D eigenvalue weighted by atomic mass is 9.86. The number of carbonyl (C=O) groups is 1. The van der Waals surface area contributed by atoms with Gasteiger partial charge >= 0.3 is 0 Å². The van der Waals surface area contributed by atoms with Gasteiger partial charge in [0.2, 0.25) is 0 Å². The zero-order chi connectivity index (χ0) is 25.8. The molecule has 0 saturated heterocycles. The highest BCUT2D eigenvalue weighted by Crippen LogP contribution is 2.35. The number of carbonyl (C=O) groups excluding carboxylic acids is 1. The molecule has 3 rings (SSSR count). The number of nitrogens with one attached hydrogen (secondary N) is 1. The van der Waals surface area contributed by atoms with Crippen LogP contribution in [0.1, 0.15) is 38.8 Å². The number of amides is 1. The Hall–Kier alpha value is -2.87. The Bertz CT molecular complexity index is 1330. The van der Waals surface area contributed by atoms with Crippen LogP contribution >= 0.6 is 23.2 Å². The van der Waals surface area contributed by atoms with E-state index in [0.717, 1.165) is 9.87 Å². The van der Waals surface area contributed by atoms with E-state index in [-0.39, 0.29) is 26.0 Å². The second-order valence-corrected chi connectivity index (χ2v) is 11.6. The molecule has 0 radical (unpaired) electrons. The van der Waals surface area contributed by atoms with Crippen LogP contribution in [0.3, 0.4) is 0 Å². The van der Waals surface area contributed by atoms with E-state index in [9.17, 15) is 13.2 Å². The largest absolute Gasteiger partial charge is 0.271 e. The molecular weight excluding hydrogens is 505 g/mol. The standard InChI is InChI=1S/C26H27Cl2N3O3S/c1-18(19-13-15-20(16-14-19)26(2,3)4)29-30-24(32)17-31(23-12-8-11-22(27)25(23)28)35(33,34)21-9-6-5-7-10-21/h5-16H,17H2,1-4H3,(H,30,32)/b29-18+. The number of anilines is 1. The van der Waals surface area contributed by atoms with Gasteiger partial charge in [0.15, 0.2) is 0 Å². The summed E-state index contributed by atoms with van der Waals surface area (Å²) in [5, 5.41) is 4.36. The number of halogens is 2. The minimum atomic E-state index is -4.12. The lowest BCUT2D eigenvalue weighted by molar-refractivity contribution is -0.119. The Morgan fingerprint density at radius 1 is 0.943 bits per heavy atom. The zero-order valence-electron chi connectivity index (χ0n) is 19.9. The molecule has 0 aliphatic heterocycles. The molecule has 0 unspecified atom stereocenters. The number of hydrogen-bond donors (Lipinski definition) is 1. The summed E-state index contributed by atoms with van der Waals surface area (Å²) in [6.07, 6.45) is 0. The number of hydrogen-bond acceptors (Lipinski definition) is 4. The maximum Gasteiger partial charge on any atom is 0.264 e. The van der Waals surface area contributed by atoms with Gasteiger partial charge < -0.3 is 0 Å². The Kier molecular flexibility index (Phi) is 8.26. The third kappa shape index (κ3) is 6.42. The molecule has 9 heteroatoms. The molecule has 0 spiro atoms. The molecule has 184 valence electrons. The van der Waals surface area contributed by atoms with Gasteiger partial charge in [-0.15, -0.1) is 0 Å². The summed E-state index contributed by atoms with van der Waals surface area (Å²) in [6.45, 7) is 7.61. The molecule has 0 heterocycles. The van der Waals surface area contributed by atoms with Crippen molar-refractivity contribution in [2.45, 2.75) is 38.0 Å². The van der Waals surface area contributed by atoms with E-state index in [1.807, 2.05) is 24.3 Å². The zero-order valence-corrected chi connectivity index (χ0v) is 22.2. The summed E-state index contributed by atoms with van der Waals surface area (Å²) in [5.41, 5.74) is 5.16. The van der Waals surface area contributed by atoms with E-state index in [1.165, 1.54) is 23.8 Å². The SMILES string of the molecule is C/C(=N\NC(=O)CN(c1cccc(Cl)c1Cl)S(=O)(=O)c1ccccc1)c1ccc(C(C)(C)C)cc1. The molecule has 35 heavy (non-hydrogen) atoms. The van der Waals surface area contributed by atoms with E-state index in [2.05, 4.69) is 31.3 Å². The predicted molar refractivity (Wildman–Crippen MR) is 143 cm³/mol. The van der Waals surface area contributed by atoms with Crippen molar-refractivity contribution in [3.05, 3.63) is 94.0 Å². The number of nitrogens with zero attached hydrogens (tertiary/aromatic N) is 2. The Labute approximate surface area is 216 Å². The van der Waals surface area contributed by atoms with Gasteiger partial charge in [-0.2, -0.15) is 5.10 Å². The minimum absolute atomic E-state index is 0.0162. The molecule has 0 atom stereocenters. The first-order chi connectivity index (χ1) is 16.4. The maximum absolute atomic E-state index is 13.4. The lowest BCUT2D eigenvalue weighted by Crippen LogP contribution is -2.40. The predicted octanol–water partition coefficient (Wildman–Crippen LogP) is 6.03. The second kappa shape index (κ2) is 10.8. The van der Waals surface area contributed by atoms with Gasteiger partial charge in [0.05, 0.1) is 26.3 Å². The summed E-state index contributed by atoms with van der Waals surface area (Å²) in [5.74, 6) is -0.633. The maximum atomic E-state index is 13.4. The van der Waals surface area contributed by atoms with Crippen LogP contribution in [0.25, 0.3) is 0 Å². The molecule has 0 aromatic heterocycles. The molecule has 3 aromatic rings. The first-order valence-electron chi connectivity index (χ1n) is 10.9. The molecular formula is C26H27Cl2N3O3S. The van der Waals surface area contributed by atoms with Crippen LogP contribution in [0.4, 0.5) is 5.69 Å². The van der Waals surface area contributed by atoms with E-state index in [4.69, 9.17) is 23.2 Å². The van der Waals surface area contributed by atoms with Gasteiger partial charge in [0.1, 0.15) is 6.54 Å². The molecule has 3 aromatic carbocycles. The van der Waals surface area contributed by atoms with Crippen LogP contribution in [0.2, 0.25) is 10.0 Å². The monoisotopic (exact) mass is 531 g/mol. The van der Waals surface area contributed by atoms with Crippen molar-refractivity contribution in [3.8, 4) is 0 Å². The van der Waals surface area contributed by atoms with Gasteiger partial charge in [-0.1, -0.05) is 92.5 Å². The van der Waals surface area contributed by atoms with Crippen molar-refractivity contribution >= 4 is 50.5 Å². The van der Waals surface area contributed by atoms with Crippen molar-refractivity contribution in [1.29, 1.82) is 0 Å². The summed E-state index contributed by atoms with van der Waals surface area (Å²) < 4.78 is 27.8. The fourth-order valence-corrected chi connectivity index (χ4v) is 5.19. The van der Waals surface area contributed by atoms with Gasteiger partial charge in [-0.05, 0) is 47.7 Å². The first-order valence-corrected chi connectivity index (χ1v) is 13.1. The molecule has 0 saturated carbocycles. The third-order valence-electron chi connectivity index (χ3n) is 5.34. The van der Waals surface area contributed by atoms with Crippen LogP contribution in [0.15, 0.2) is 82.8 Å². The van der Waals surface area contributed by atoms with E-state index in [1.54, 1.807) is 37.3 Å². The third-order valence-corrected chi connectivity index (χ3v) is 7.92. The molecule has 1 N–H and O–H groups in total. The van der Waals surface area contributed by atoms with Crippen molar-refractivity contribution in [2.75, 3.05) is 10.8 Å². The number of benzene rings is 3. The Morgan fingerprint density at radius 2 is 1.57 bits per heavy atom. The van der Waals surface area contributed by atoms with Gasteiger partial charge in [0, 0.05) is 0 Å². The van der Waals surface area contributed by atoms with Crippen molar-refractivity contribution in [2.24, 2.45) is 5.10 Å². The quantitative estimate of drug-likeness (QED) is 0.298. The lowest BCUT2D eigenvalue weighted by Gasteiger charge is -2.25. The average Bonchev–Trinajstić information content (AvgIpc) is 2.83. The summed E-state index contributed by atoms with van der Waals surface area (Å²) in [4.78, 5) is 12.8. The summed E-state index contributed by atoms with van der Waals surface area (Å²) >= 11 is 12.4. The summed E-state index contributed by atoms with van der Waals surface area (Å²) in [7, 11) is -4.12. The van der Waals surface area contributed by atoms with Gasteiger partial charge in [-0.25, -0.2) is 13.8 Å². The van der Waals surface area contributed by atoms with Crippen LogP contribution in [-0.2, 0) is 20.2 Å². The van der Waals surface area contributed by atoms with E-state index < -0.39 is 22.5 Å².